The van der Waals surface area contributed by atoms with Gasteiger partial charge in [0.15, 0.2) is 0 Å². The lowest BCUT2D eigenvalue weighted by atomic mass is 10.0. The summed E-state index contributed by atoms with van der Waals surface area (Å²) in [4.78, 5) is 12.7. The van der Waals surface area contributed by atoms with E-state index in [4.69, 9.17) is 16.3 Å². The van der Waals surface area contributed by atoms with Crippen molar-refractivity contribution in [3.63, 3.8) is 0 Å². The van der Waals surface area contributed by atoms with Gasteiger partial charge in [0.1, 0.15) is 5.75 Å². The quantitative estimate of drug-likeness (QED) is 0.543. The van der Waals surface area contributed by atoms with Crippen LogP contribution in [0, 0.1) is 0 Å². The van der Waals surface area contributed by atoms with Crippen LogP contribution < -0.4 is 4.74 Å². The highest BCUT2D eigenvalue weighted by molar-refractivity contribution is 7.21. The summed E-state index contributed by atoms with van der Waals surface area (Å²) in [5.41, 5.74) is -1.38. The van der Waals surface area contributed by atoms with Gasteiger partial charge in [-0.2, -0.15) is 13.2 Å². The van der Waals surface area contributed by atoms with Crippen molar-refractivity contribution in [1.82, 2.24) is 0 Å². The summed E-state index contributed by atoms with van der Waals surface area (Å²) in [6.45, 7) is 0. The van der Waals surface area contributed by atoms with Crippen LogP contribution in [0.2, 0.25) is 5.02 Å². The predicted molar refractivity (Wildman–Crippen MR) is 88.3 cm³/mol. The second-order valence-corrected chi connectivity index (χ2v) is 6.41. The van der Waals surface area contributed by atoms with Gasteiger partial charge in [-0.05, 0) is 24.3 Å². The topological polar surface area (TPSA) is 26.3 Å². The number of alkyl halides is 3. The van der Waals surface area contributed by atoms with E-state index in [0.717, 1.165) is 23.5 Å². The molecule has 0 atom stereocenters. The first-order valence-corrected chi connectivity index (χ1v) is 7.99. The maximum atomic E-state index is 13.1. The zero-order chi connectivity index (χ0) is 17.5. The molecule has 0 unspecified atom stereocenters. The van der Waals surface area contributed by atoms with Crippen molar-refractivity contribution >= 4 is 38.8 Å². The predicted octanol–water partition coefficient (Wildman–Crippen LogP) is 5.81. The van der Waals surface area contributed by atoms with Gasteiger partial charge in [-0.1, -0.05) is 29.8 Å². The van der Waals surface area contributed by atoms with E-state index in [-0.39, 0.29) is 9.90 Å². The summed E-state index contributed by atoms with van der Waals surface area (Å²) in [5, 5.41) is 0.759. The zero-order valence-electron chi connectivity index (χ0n) is 12.3. The largest absolute Gasteiger partial charge is 0.497 e. The fraction of sp³-hybridized carbons (Fsp3) is 0.118. The fourth-order valence-electron chi connectivity index (χ4n) is 2.37. The third kappa shape index (κ3) is 2.87. The summed E-state index contributed by atoms with van der Waals surface area (Å²) >= 11 is 7.28. The summed E-state index contributed by atoms with van der Waals surface area (Å²) in [6.07, 6.45) is -4.61. The number of carbonyl (C=O) groups excluding carboxylic acids is 1. The molecule has 0 saturated carbocycles. The summed E-state index contributed by atoms with van der Waals surface area (Å²) in [7, 11) is 1.50. The molecule has 3 rings (SSSR count). The van der Waals surface area contributed by atoms with Gasteiger partial charge in [0.2, 0.25) is 5.78 Å². The summed E-state index contributed by atoms with van der Waals surface area (Å²) in [5.74, 6) is -0.164. The Bertz CT molecular complexity index is 931. The minimum Gasteiger partial charge on any atom is -0.497 e. The molecule has 0 spiro atoms. The number of benzene rings is 2. The van der Waals surface area contributed by atoms with Gasteiger partial charge in [-0.25, -0.2) is 0 Å². The Labute approximate surface area is 144 Å². The third-order valence-electron chi connectivity index (χ3n) is 3.52. The van der Waals surface area contributed by atoms with E-state index in [1.54, 1.807) is 18.2 Å². The van der Waals surface area contributed by atoms with Crippen molar-refractivity contribution in [1.29, 1.82) is 0 Å². The molecule has 2 aromatic carbocycles. The van der Waals surface area contributed by atoms with Crippen LogP contribution in [0.25, 0.3) is 10.1 Å². The molecule has 3 aromatic rings. The first-order chi connectivity index (χ1) is 11.3. The highest BCUT2D eigenvalue weighted by atomic mass is 35.5. The Morgan fingerprint density at radius 1 is 1.17 bits per heavy atom. The molecule has 0 aliphatic heterocycles. The zero-order valence-corrected chi connectivity index (χ0v) is 13.9. The first kappa shape index (κ1) is 16.8. The lowest BCUT2D eigenvalue weighted by Gasteiger charge is -2.11. The second kappa shape index (κ2) is 6.11. The van der Waals surface area contributed by atoms with Crippen molar-refractivity contribution in [3.05, 3.63) is 63.5 Å². The molecule has 2 nitrogen and oxygen atoms in total. The van der Waals surface area contributed by atoms with E-state index < -0.39 is 23.1 Å². The number of hydrogen-bond acceptors (Lipinski definition) is 3. The van der Waals surface area contributed by atoms with E-state index in [0.29, 0.717) is 15.8 Å². The monoisotopic (exact) mass is 370 g/mol. The Morgan fingerprint density at radius 3 is 2.54 bits per heavy atom. The molecular weight excluding hydrogens is 361 g/mol. The Kier molecular flexibility index (Phi) is 4.27. The summed E-state index contributed by atoms with van der Waals surface area (Å²) in [6, 6.07) is 9.74. The molecule has 0 amide bonds. The minimum atomic E-state index is -4.61. The highest BCUT2D eigenvalue weighted by Gasteiger charge is 2.35. The van der Waals surface area contributed by atoms with Crippen LogP contribution in [0.5, 0.6) is 5.75 Å². The van der Waals surface area contributed by atoms with Crippen LogP contribution in [-0.2, 0) is 6.18 Å². The molecule has 124 valence electrons. The maximum Gasteiger partial charge on any atom is 0.417 e. The van der Waals surface area contributed by atoms with E-state index in [1.807, 2.05) is 0 Å². The average molecular weight is 371 g/mol. The van der Waals surface area contributed by atoms with Crippen LogP contribution >= 0.6 is 22.9 Å². The second-order valence-electron chi connectivity index (χ2n) is 4.98. The summed E-state index contributed by atoms with van der Waals surface area (Å²) < 4.78 is 45.2. The van der Waals surface area contributed by atoms with Gasteiger partial charge in [0.25, 0.3) is 0 Å². The number of ether oxygens (including phenoxy) is 1. The molecule has 7 heteroatoms. The molecule has 1 aromatic heterocycles. The molecule has 0 aliphatic rings. The number of methoxy groups -OCH3 is 1. The van der Waals surface area contributed by atoms with Crippen molar-refractivity contribution in [2.24, 2.45) is 0 Å². The average Bonchev–Trinajstić information content (AvgIpc) is 2.89. The van der Waals surface area contributed by atoms with Gasteiger partial charge in [-0.3, -0.25) is 4.79 Å². The SMILES string of the molecule is COc1ccc2c(Cl)c(C(=O)c3ccccc3C(F)(F)F)sc2c1. The lowest BCUT2D eigenvalue weighted by molar-refractivity contribution is -0.137. The molecule has 24 heavy (non-hydrogen) atoms. The normalized spacial score (nSPS) is 11.7. The standard InChI is InChI=1S/C17H10ClF3O2S/c1-23-9-6-7-11-13(8-9)24-16(14(11)18)15(22)10-4-2-3-5-12(10)17(19,20)21/h2-8H,1H3. The number of halogens is 4. The molecule has 0 fully saturated rings. The number of fused-ring (bicyclic) bond motifs is 1. The van der Waals surface area contributed by atoms with Crippen LogP contribution in [0.1, 0.15) is 20.8 Å². The molecule has 0 N–H and O–H groups in total. The van der Waals surface area contributed by atoms with Crippen LogP contribution in [0.15, 0.2) is 42.5 Å². The number of carbonyl (C=O) groups is 1. The number of hydrogen-bond donors (Lipinski definition) is 0. The van der Waals surface area contributed by atoms with E-state index in [2.05, 4.69) is 0 Å². The third-order valence-corrected chi connectivity index (χ3v) is 5.18. The van der Waals surface area contributed by atoms with E-state index in [1.165, 1.54) is 19.2 Å². The van der Waals surface area contributed by atoms with Crippen molar-refractivity contribution < 1.29 is 22.7 Å². The van der Waals surface area contributed by atoms with E-state index in [9.17, 15) is 18.0 Å². The van der Waals surface area contributed by atoms with Crippen LogP contribution in [-0.4, -0.2) is 12.9 Å². The van der Waals surface area contributed by atoms with Gasteiger partial charge in [-0.15, -0.1) is 11.3 Å². The Morgan fingerprint density at radius 2 is 1.88 bits per heavy atom. The first-order valence-electron chi connectivity index (χ1n) is 6.80. The Hall–Kier alpha value is -2.05. The molecule has 0 aliphatic carbocycles. The smallest absolute Gasteiger partial charge is 0.417 e. The van der Waals surface area contributed by atoms with Gasteiger partial charge in [0, 0.05) is 15.6 Å². The van der Waals surface area contributed by atoms with Crippen LogP contribution in [0.4, 0.5) is 13.2 Å². The lowest BCUT2D eigenvalue weighted by Crippen LogP contribution is -2.13. The van der Waals surface area contributed by atoms with Gasteiger partial charge in [0.05, 0.1) is 22.6 Å². The Balaban J connectivity index is 2.15. The van der Waals surface area contributed by atoms with Gasteiger partial charge >= 0.3 is 6.18 Å². The minimum absolute atomic E-state index is 0.0802. The fourth-order valence-corrected chi connectivity index (χ4v) is 3.87. The van der Waals surface area contributed by atoms with Crippen molar-refractivity contribution in [2.75, 3.05) is 7.11 Å². The highest BCUT2D eigenvalue weighted by Crippen LogP contribution is 2.40. The molecule has 0 bridgehead atoms. The number of ketones is 1. The molecule has 0 radical (unpaired) electrons. The molecule has 0 saturated heterocycles. The van der Waals surface area contributed by atoms with Crippen LogP contribution in [0.3, 0.4) is 0 Å². The number of thiophene rings is 1. The van der Waals surface area contributed by atoms with Crippen molar-refractivity contribution in [3.8, 4) is 5.75 Å². The van der Waals surface area contributed by atoms with Crippen molar-refractivity contribution in [2.45, 2.75) is 6.18 Å². The maximum absolute atomic E-state index is 13.1. The van der Waals surface area contributed by atoms with Gasteiger partial charge < -0.3 is 4.74 Å². The van der Waals surface area contributed by atoms with E-state index >= 15 is 0 Å². The molecular formula is C17H10ClF3O2S. The molecule has 1 heterocycles. The number of rotatable bonds is 3.